The average Bonchev–Trinajstić information content (AvgIpc) is 3.28. The number of carbonyl (C=O) groups is 6. The van der Waals surface area contributed by atoms with Crippen LogP contribution < -0.4 is 9.47 Å². The van der Waals surface area contributed by atoms with Crippen LogP contribution in [0.3, 0.4) is 0 Å². The molecule has 2 aliphatic heterocycles. The topological polar surface area (TPSA) is 171 Å². The number of ether oxygens (including phenoxy) is 4. The predicted molar refractivity (Wildman–Crippen MR) is 311 cm³/mol. The van der Waals surface area contributed by atoms with Crippen molar-refractivity contribution in [1.82, 2.24) is 9.80 Å². The summed E-state index contributed by atoms with van der Waals surface area (Å²) in [6.07, 6.45) is 16.2. The van der Waals surface area contributed by atoms with Crippen molar-refractivity contribution in [2.75, 3.05) is 32.2 Å². The summed E-state index contributed by atoms with van der Waals surface area (Å²) < 4.78 is 23.0. The van der Waals surface area contributed by atoms with Crippen molar-refractivity contribution in [2.45, 2.75) is 136 Å². The largest absolute Gasteiger partial charge is 0.494 e. The Labute approximate surface area is 466 Å². The van der Waals surface area contributed by atoms with E-state index in [1.807, 2.05) is 72.8 Å². The highest BCUT2D eigenvalue weighted by Gasteiger charge is 2.42. The van der Waals surface area contributed by atoms with Crippen LogP contribution in [-0.4, -0.2) is 89.6 Å². The van der Waals surface area contributed by atoms with Gasteiger partial charge in [0, 0.05) is 33.0 Å². The Bertz CT molecular complexity index is 3260. The minimum absolute atomic E-state index is 0.171. The summed E-state index contributed by atoms with van der Waals surface area (Å²) in [4.78, 5) is 85.3. The van der Waals surface area contributed by atoms with Crippen LogP contribution in [0, 0.1) is 0 Å². The molecule has 9 rings (SSSR count). The smallest absolute Gasteiger partial charge is 0.329 e. The Balaban J connectivity index is 0.720. The number of unbranched alkanes of at least 4 members (excludes halogenated alkanes) is 13. The van der Waals surface area contributed by atoms with Gasteiger partial charge in [-0.05, 0) is 157 Å². The first kappa shape index (κ1) is 56.3. The number of esters is 2. The number of benzene rings is 7. The summed E-state index contributed by atoms with van der Waals surface area (Å²) in [6, 6.07) is 26.9. The molecular weight excluding hydrogens is 1020 g/mol. The van der Waals surface area contributed by atoms with E-state index in [2.05, 4.69) is 29.8 Å². The van der Waals surface area contributed by atoms with E-state index in [4.69, 9.17) is 18.9 Å². The van der Waals surface area contributed by atoms with Crippen molar-refractivity contribution in [3.8, 4) is 11.5 Å². The maximum absolute atomic E-state index is 14.3. The monoisotopic (exact) mass is 1090 g/mol. The second-order valence-electron chi connectivity index (χ2n) is 20.7. The third-order valence-corrected chi connectivity index (χ3v) is 15.5. The summed E-state index contributed by atoms with van der Waals surface area (Å²) in [5, 5.41) is 14.0. The van der Waals surface area contributed by atoms with Crippen molar-refractivity contribution >= 4 is 103 Å². The lowest BCUT2D eigenvalue weighted by molar-refractivity contribution is -0.148. The zero-order valence-corrected chi connectivity index (χ0v) is 46.5. The third-order valence-electron chi connectivity index (χ3n) is 15.2. The normalized spacial score (nSPS) is 14.1. The van der Waals surface area contributed by atoms with Crippen LogP contribution in [0.1, 0.15) is 165 Å². The third kappa shape index (κ3) is 12.4. The number of amides is 4. The molecule has 0 N–H and O–H groups in total. The van der Waals surface area contributed by atoms with Crippen LogP contribution in [-0.2, 0) is 19.1 Å². The number of azo groups is 1. The summed E-state index contributed by atoms with van der Waals surface area (Å²) in [6.45, 7) is 6.81. The molecular formula is C64H70N4O10S. The van der Waals surface area contributed by atoms with Gasteiger partial charge in [-0.15, -0.1) is 0 Å². The number of fused-ring (bicyclic) bond motifs is 2. The van der Waals surface area contributed by atoms with Gasteiger partial charge >= 0.3 is 11.9 Å². The Morgan fingerprint density at radius 2 is 0.734 bits per heavy atom. The number of carbonyl (C=O) groups excluding carboxylic acids is 6. The highest BCUT2D eigenvalue weighted by Crippen LogP contribution is 2.46. The maximum Gasteiger partial charge on any atom is 0.329 e. The predicted octanol–water partition coefficient (Wildman–Crippen LogP) is 14.9. The standard InChI is InChI=1S/C64H70N4O10S/c1-4-5-6-15-38-77-63(73)41(2)67-59(69)51-32-28-47-49-30-34-53-58-54(35-31-50(56(49)58)48-29-33-52(60(67)70)57(51)55(47)48)62(72)68(61(53)71)42(3)64(74)78-39-18-13-8-7-11-16-36-75-45-24-20-43(21-25-45)65-66-44-22-26-46(27-23-44)76-37-17-12-9-10-14-19-40-79/h20-35,41-42,79H,4-19,36-40H2,1-3H3. The number of imide groups is 2. The van der Waals surface area contributed by atoms with E-state index in [1.165, 1.54) is 46.0 Å². The lowest BCUT2D eigenvalue weighted by Crippen LogP contribution is -2.49. The molecule has 0 aliphatic carbocycles. The van der Waals surface area contributed by atoms with Crippen molar-refractivity contribution in [3.63, 3.8) is 0 Å². The van der Waals surface area contributed by atoms with Gasteiger partial charge in [0.25, 0.3) is 23.6 Å². The van der Waals surface area contributed by atoms with Gasteiger partial charge in [0.1, 0.15) is 23.6 Å². The summed E-state index contributed by atoms with van der Waals surface area (Å²) >= 11 is 4.27. The number of nitrogens with zero attached hydrogens (tertiary/aromatic N) is 4. The molecule has 0 fully saturated rings. The summed E-state index contributed by atoms with van der Waals surface area (Å²) in [7, 11) is 0. The fraction of sp³-hybridized carbons (Fsp3) is 0.406. The first-order valence-electron chi connectivity index (χ1n) is 28.3. The first-order valence-corrected chi connectivity index (χ1v) is 28.9. The number of hydrogen-bond donors (Lipinski definition) is 1. The van der Waals surface area contributed by atoms with Gasteiger partial charge in [-0.1, -0.05) is 102 Å². The number of rotatable bonds is 30. The Morgan fingerprint density at radius 3 is 1.08 bits per heavy atom. The number of hydrogen-bond acceptors (Lipinski definition) is 13. The molecule has 2 unspecified atom stereocenters. The molecule has 0 saturated carbocycles. The molecule has 0 saturated heterocycles. The van der Waals surface area contributed by atoms with Gasteiger partial charge in [-0.25, -0.2) is 9.59 Å². The Kier molecular flexibility index (Phi) is 18.9. The molecule has 2 heterocycles. The van der Waals surface area contributed by atoms with E-state index in [0.29, 0.717) is 58.7 Å². The van der Waals surface area contributed by atoms with Gasteiger partial charge in [0.2, 0.25) is 0 Å². The zero-order chi connectivity index (χ0) is 55.4. The minimum atomic E-state index is -1.16. The van der Waals surface area contributed by atoms with Crippen LogP contribution >= 0.6 is 12.6 Å². The first-order chi connectivity index (χ1) is 38.5. The molecule has 4 amide bonds. The van der Waals surface area contributed by atoms with E-state index in [1.54, 1.807) is 24.3 Å². The Morgan fingerprint density at radius 1 is 0.418 bits per heavy atom. The molecule has 79 heavy (non-hydrogen) atoms. The van der Waals surface area contributed by atoms with Gasteiger partial charge in [0.15, 0.2) is 0 Å². The second-order valence-corrected chi connectivity index (χ2v) is 21.1. The van der Waals surface area contributed by atoms with Crippen molar-refractivity contribution < 1.29 is 47.7 Å². The lowest BCUT2D eigenvalue weighted by Gasteiger charge is -2.32. The van der Waals surface area contributed by atoms with Crippen LogP contribution in [0.15, 0.2) is 107 Å². The molecule has 14 nitrogen and oxygen atoms in total. The van der Waals surface area contributed by atoms with Crippen molar-refractivity contribution in [1.29, 1.82) is 0 Å². The molecule has 412 valence electrons. The molecule has 0 spiro atoms. The van der Waals surface area contributed by atoms with Gasteiger partial charge in [0.05, 0.1) is 37.8 Å². The quantitative estimate of drug-likeness (QED) is 0.00869. The van der Waals surface area contributed by atoms with Gasteiger partial charge < -0.3 is 18.9 Å². The molecule has 7 aromatic rings. The van der Waals surface area contributed by atoms with Crippen LogP contribution in [0.5, 0.6) is 11.5 Å². The average molecular weight is 1090 g/mol. The van der Waals surface area contributed by atoms with Crippen molar-refractivity contribution in [2.24, 2.45) is 10.2 Å². The summed E-state index contributed by atoms with van der Waals surface area (Å²) in [5.74, 6) is -1.06. The van der Waals surface area contributed by atoms with E-state index >= 15 is 0 Å². The van der Waals surface area contributed by atoms with E-state index in [0.717, 1.165) is 118 Å². The van der Waals surface area contributed by atoms with Crippen LogP contribution in [0.4, 0.5) is 11.4 Å². The SMILES string of the molecule is CCCCCCOC(=O)C(C)N1C(=O)c2ccc3c4ccc5c6c(ccc(c7ccc(c2c37)C1=O)c64)C(=O)N(C(C)C(=O)OCCCCCCCCOc1ccc(N=Nc2ccc(OCCCCCCCCS)cc2)cc1)C5=O. The molecule has 0 radical (unpaired) electrons. The molecule has 7 aromatic carbocycles. The molecule has 2 aliphatic rings. The van der Waals surface area contributed by atoms with Crippen molar-refractivity contribution in [3.05, 3.63) is 119 Å². The highest BCUT2D eigenvalue weighted by molar-refractivity contribution is 7.80. The van der Waals surface area contributed by atoms with E-state index in [-0.39, 0.29) is 24.3 Å². The second kappa shape index (κ2) is 26.5. The molecule has 0 bridgehead atoms. The van der Waals surface area contributed by atoms with Gasteiger partial charge in [-0.3, -0.25) is 29.0 Å². The minimum Gasteiger partial charge on any atom is -0.494 e. The Hall–Kier alpha value is -7.39. The fourth-order valence-electron chi connectivity index (χ4n) is 10.9. The van der Waals surface area contributed by atoms with Crippen LogP contribution in [0.2, 0.25) is 0 Å². The number of thiol groups is 1. The zero-order valence-electron chi connectivity index (χ0n) is 45.6. The molecule has 2 atom stereocenters. The van der Waals surface area contributed by atoms with E-state index < -0.39 is 47.7 Å². The maximum atomic E-state index is 14.3. The summed E-state index contributed by atoms with van der Waals surface area (Å²) in [5.41, 5.74) is 2.64. The molecule has 15 heteroatoms. The van der Waals surface area contributed by atoms with Gasteiger partial charge in [-0.2, -0.15) is 22.9 Å². The van der Waals surface area contributed by atoms with Crippen LogP contribution in [0.25, 0.3) is 43.1 Å². The fourth-order valence-corrected chi connectivity index (χ4v) is 11.1. The lowest BCUT2D eigenvalue weighted by atomic mass is 9.82. The highest BCUT2D eigenvalue weighted by atomic mass is 32.1. The molecule has 0 aromatic heterocycles. The van der Waals surface area contributed by atoms with E-state index in [9.17, 15) is 28.8 Å².